The van der Waals surface area contributed by atoms with Gasteiger partial charge in [0.2, 0.25) is 0 Å². The summed E-state index contributed by atoms with van der Waals surface area (Å²) < 4.78 is 12.2. The molecule has 0 aliphatic carbocycles. The number of thiophene rings is 1. The van der Waals surface area contributed by atoms with E-state index in [4.69, 9.17) is 0 Å². The molecule has 0 saturated carbocycles. The fourth-order valence-electron chi connectivity index (χ4n) is 2.35. The number of nitrogens with one attached hydrogen (secondary N) is 2. The fourth-order valence-corrected chi connectivity index (χ4v) is 4.17. The first-order valence-corrected chi connectivity index (χ1v) is 11.1. The lowest BCUT2D eigenvalue weighted by atomic mass is 10.1. The van der Waals surface area contributed by atoms with Crippen LogP contribution in [0, 0.1) is 0 Å². The van der Waals surface area contributed by atoms with Crippen LogP contribution in [0.5, 0.6) is 0 Å². The molecule has 5 nitrogen and oxygen atoms in total. The average Bonchev–Trinajstić information content (AvgIpc) is 3.16. The number of aliphatic hydroxyl groups is 1. The minimum Gasteiger partial charge on any atom is -0.383 e. The van der Waals surface area contributed by atoms with Crippen LogP contribution in [0.3, 0.4) is 0 Å². The zero-order valence-electron chi connectivity index (χ0n) is 15.7. The third-order valence-electron chi connectivity index (χ3n) is 3.73. The Morgan fingerprint density at radius 1 is 1.22 bits per heavy atom. The van der Waals surface area contributed by atoms with Gasteiger partial charge >= 0.3 is 0 Å². The van der Waals surface area contributed by atoms with Crippen LogP contribution < -0.4 is 10.6 Å². The van der Waals surface area contributed by atoms with Crippen molar-refractivity contribution in [1.82, 2.24) is 10.6 Å². The summed E-state index contributed by atoms with van der Waals surface area (Å²) in [6.45, 7) is 5.30. The molecule has 8 heteroatoms. The van der Waals surface area contributed by atoms with Crippen LogP contribution in [0.2, 0.25) is 0 Å². The van der Waals surface area contributed by atoms with Crippen molar-refractivity contribution in [1.29, 1.82) is 0 Å². The highest BCUT2D eigenvalue weighted by Crippen LogP contribution is 2.25. The van der Waals surface area contributed by atoms with E-state index < -0.39 is 16.4 Å². The zero-order chi connectivity index (χ0) is 18.8. The molecule has 2 atom stereocenters. The molecule has 0 amide bonds. The van der Waals surface area contributed by atoms with E-state index in [1.165, 1.54) is 11.3 Å². The maximum Gasteiger partial charge on any atom is 0.191 e. The molecule has 1 aromatic heterocycles. The van der Waals surface area contributed by atoms with Gasteiger partial charge in [-0.1, -0.05) is 36.4 Å². The van der Waals surface area contributed by atoms with Gasteiger partial charge in [0.1, 0.15) is 5.60 Å². The highest BCUT2D eigenvalue weighted by molar-refractivity contribution is 14.0. The highest BCUT2D eigenvalue weighted by atomic mass is 127. The molecule has 27 heavy (non-hydrogen) atoms. The van der Waals surface area contributed by atoms with Crippen molar-refractivity contribution in [3.63, 3.8) is 0 Å². The maximum atomic E-state index is 12.2. The summed E-state index contributed by atoms with van der Waals surface area (Å²) in [5.41, 5.74) is 0.0884. The number of hydrogen-bond acceptors (Lipinski definition) is 4. The topological polar surface area (TPSA) is 73.7 Å². The summed E-state index contributed by atoms with van der Waals surface area (Å²) in [5.74, 6) is 1.73. The van der Waals surface area contributed by atoms with Crippen LogP contribution >= 0.6 is 35.3 Å². The SMILES string of the molecule is CCNC(=NCC(C)(O)c1cccs1)NCCS(=O)Cc1ccccc1.I. The second kappa shape index (κ2) is 12.5. The summed E-state index contributed by atoms with van der Waals surface area (Å²) in [4.78, 5) is 5.36. The molecular weight excluding hydrogens is 493 g/mol. The van der Waals surface area contributed by atoms with Gasteiger partial charge in [0, 0.05) is 40.3 Å². The average molecular weight is 521 g/mol. The van der Waals surface area contributed by atoms with Gasteiger partial charge in [0.05, 0.1) is 6.54 Å². The van der Waals surface area contributed by atoms with E-state index in [0.29, 0.717) is 24.0 Å². The number of rotatable bonds is 9. The number of aliphatic imine (C=N–C) groups is 1. The van der Waals surface area contributed by atoms with Crippen LogP contribution in [0.15, 0.2) is 52.8 Å². The summed E-state index contributed by atoms with van der Waals surface area (Å²) in [6.07, 6.45) is 0. The van der Waals surface area contributed by atoms with Crippen LogP contribution in [-0.4, -0.2) is 40.7 Å². The van der Waals surface area contributed by atoms with Crippen molar-refractivity contribution in [2.45, 2.75) is 25.2 Å². The van der Waals surface area contributed by atoms with Crippen molar-refractivity contribution in [3.8, 4) is 0 Å². The molecule has 0 aliphatic heterocycles. The van der Waals surface area contributed by atoms with Crippen LogP contribution in [0.1, 0.15) is 24.3 Å². The summed E-state index contributed by atoms with van der Waals surface area (Å²) >= 11 is 1.52. The molecule has 0 saturated heterocycles. The molecule has 0 radical (unpaired) electrons. The lowest BCUT2D eigenvalue weighted by molar-refractivity contribution is 0.0711. The van der Waals surface area contributed by atoms with Crippen molar-refractivity contribution in [2.24, 2.45) is 4.99 Å². The number of nitrogens with zero attached hydrogens (tertiary/aromatic N) is 1. The predicted octanol–water partition coefficient (Wildman–Crippen LogP) is 3.08. The van der Waals surface area contributed by atoms with E-state index in [9.17, 15) is 9.32 Å². The Balaban J connectivity index is 0.00000364. The van der Waals surface area contributed by atoms with Crippen LogP contribution in [0.4, 0.5) is 0 Å². The highest BCUT2D eigenvalue weighted by Gasteiger charge is 2.23. The lowest BCUT2D eigenvalue weighted by Crippen LogP contribution is -2.40. The van der Waals surface area contributed by atoms with Gasteiger partial charge < -0.3 is 15.7 Å². The maximum absolute atomic E-state index is 12.2. The summed E-state index contributed by atoms with van der Waals surface area (Å²) in [5, 5.41) is 18.9. The van der Waals surface area contributed by atoms with Gasteiger partial charge in [-0.05, 0) is 30.9 Å². The number of guanidine groups is 1. The molecular formula is C19H28IN3O2S2. The zero-order valence-corrected chi connectivity index (χ0v) is 19.6. The first kappa shape index (κ1) is 24.1. The molecule has 0 aliphatic rings. The molecule has 3 N–H and O–H groups in total. The number of benzene rings is 1. The van der Waals surface area contributed by atoms with Crippen molar-refractivity contribution in [3.05, 3.63) is 58.3 Å². The van der Waals surface area contributed by atoms with E-state index in [1.807, 2.05) is 54.8 Å². The molecule has 0 spiro atoms. The Kier molecular flexibility index (Phi) is 11.1. The largest absolute Gasteiger partial charge is 0.383 e. The van der Waals surface area contributed by atoms with Gasteiger partial charge in [-0.2, -0.15) is 0 Å². The normalized spacial score (nSPS) is 14.7. The Morgan fingerprint density at radius 2 is 1.96 bits per heavy atom. The molecule has 1 aromatic carbocycles. The fraction of sp³-hybridized carbons (Fsp3) is 0.421. The molecule has 2 rings (SSSR count). The predicted molar refractivity (Wildman–Crippen MR) is 126 cm³/mol. The molecule has 0 fully saturated rings. The molecule has 2 unspecified atom stereocenters. The second-order valence-corrected chi connectivity index (χ2v) is 8.67. The molecule has 1 heterocycles. The van der Waals surface area contributed by atoms with E-state index in [1.54, 1.807) is 6.92 Å². The Morgan fingerprint density at radius 3 is 2.59 bits per heavy atom. The molecule has 150 valence electrons. The minimum absolute atomic E-state index is 0. The van der Waals surface area contributed by atoms with Gasteiger partial charge in [-0.3, -0.25) is 4.21 Å². The number of hydrogen-bond donors (Lipinski definition) is 3. The first-order valence-electron chi connectivity index (χ1n) is 8.68. The van der Waals surface area contributed by atoms with Crippen LogP contribution in [0.25, 0.3) is 0 Å². The van der Waals surface area contributed by atoms with Gasteiger partial charge in [0.25, 0.3) is 0 Å². The molecule has 2 aromatic rings. The van der Waals surface area contributed by atoms with Gasteiger partial charge in [-0.25, -0.2) is 4.99 Å². The minimum atomic E-state index is -0.993. The van der Waals surface area contributed by atoms with Crippen molar-refractivity contribution < 1.29 is 9.32 Å². The summed E-state index contributed by atoms with van der Waals surface area (Å²) in [6, 6.07) is 13.7. The Labute approximate surface area is 185 Å². The van der Waals surface area contributed by atoms with E-state index >= 15 is 0 Å². The van der Waals surface area contributed by atoms with E-state index in [0.717, 1.165) is 17.0 Å². The van der Waals surface area contributed by atoms with Gasteiger partial charge in [-0.15, -0.1) is 35.3 Å². The lowest BCUT2D eigenvalue weighted by Gasteiger charge is -2.20. The smallest absolute Gasteiger partial charge is 0.191 e. The van der Waals surface area contributed by atoms with Crippen molar-refractivity contribution >= 4 is 52.1 Å². The molecule has 0 bridgehead atoms. The Hall–Kier alpha value is -0.970. The van der Waals surface area contributed by atoms with Gasteiger partial charge in [0.15, 0.2) is 5.96 Å². The third-order valence-corrected chi connectivity index (χ3v) is 6.17. The number of halogens is 1. The Bertz CT molecular complexity index is 707. The van der Waals surface area contributed by atoms with Crippen molar-refractivity contribution in [2.75, 3.05) is 25.4 Å². The van der Waals surface area contributed by atoms with E-state index in [-0.39, 0.29) is 30.5 Å². The van der Waals surface area contributed by atoms with E-state index in [2.05, 4.69) is 15.6 Å². The quantitative estimate of drug-likeness (QED) is 0.270. The third kappa shape index (κ3) is 8.71. The van der Waals surface area contributed by atoms with Crippen LogP contribution in [-0.2, 0) is 22.2 Å². The monoisotopic (exact) mass is 521 g/mol. The second-order valence-electron chi connectivity index (χ2n) is 6.15. The first-order chi connectivity index (χ1) is 12.5. The standard InChI is InChI=1S/C19H27N3O2S2.HI/c1-3-20-18(22-15-19(2,23)17-10-7-12-25-17)21-11-13-26(24)14-16-8-5-4-6-9-16;/h4-10,12,23H,3,11,13-15H2,1-2H3,(H2,20,21,22);1H. The summed E-state index contributed by atoms with van der Waals surface area (Å²) in [7, 11) is -0.930.